The van der Waals surface area contributed by atoms with Crippen LogP contribution in [-0.2, 0) is 6.54 Å². The number of aromatic nitrogens is 1. The van der Waals surface area contributed by atoms with Crippen LogP contribution in [0, 0.1) is 5.41 Å². The van der Waals surface area contributed by atoms with Crippen molar-refractivity contribution in [2.45, 2.75) is 19.0 Å². The molecule has 1 amide bonds. The summed E-state index contributed by atoms with van der Waals surface area (Å²) < 4.78 is 2.05. The maximum absolute atomic E-state index is 13.4. The fraction of sp³-hybridized carbons (Fsp3) is 0.200. The van der Waals surface area contributed by atoms with Crippen molar-refractivity contribution >= 4 is 33.4 Å². The number of carbonyl (C=O) groups is 1. The molecule has 1 aliphatic heterocycles. The number of likely N-dealkylation sites (tertiary alicyclic amines) is 1. The minimum absolute atomic E-state index is 0.00578. The summed E-state index contributed by atoms with van der Waals surface area (Å²) in [7, 11) is 0. The molecule has 0 bridgehead atoms. The molecule has 0 radical (unpaired) electrons. The summed E-state index contributed by atoms with van der Waals surface area (Å²) in [5.74, 6) is 0.00645. The fourth-order valence-electron chi connectivity index (χ4n) is 4.50. The van der Waals surface area contributed by atoms with Crippen molar-refractivity contribution in [2.75, 3.05) is 13.1 Å². The van der Waals surface area contributed by atoms with Crippen LogP contribution in [-0.4, -0.2) is 40.3 Å². The van der Waals surface area contributed by atoms with Gasteiger partial charge >= 0.3 is 0 Å². The number of carbonyl (C=O) groups excluding carboxylic acids is 1. The normalized spacial score (nSPS) is 16.3. The Labute approximate surface area is 180 Å². The first-order chi connectivity index (χ1) is 15.0. The van der Waals surface area contributed by atoms with E-state index in [4.69, 9.17) is 16.9 Å². The number of benzene rings is 3. The van der Waals surface area contributed by atoms with Gasteiger partial charge in [0.2, 0.25) is 0 Å². The van der Waals surface area contributed by atoms with Crippen LogP contribution < -0.4 is 11.5 Å². The molecule has 2 heterocycles. The van der Waals surface area contributed by atoms with E-state index >= 15 is 0 Å². The lowest BCUT2D eigenvalue weighted by Gasteiger charge is -2.18. The van der Waals surface area contributed by atoms with E-state index < -0.39 is 0 Å². The smallest absolute Gasteiger partial charge is 0.270 e. The molecule has 1 aromatic heterocycles. The lowest BCUT2D eigenvalue weighted by molar-refractivity contribution is 0.0781. The summed E-state index contributed by atoms with van der Waals surface area (Å²) in [5.41, 5.74) is 15.1. The summed E-state index contributed by atoms with van der Waals surface area (Å²) in [6.45, 7) is 1.80. The van der Waals surface area contributed by atoms with Crippen molar-refractivity contribution < 1.29 is 4.79 Å². The molecule has 5 rings (SSSR count). The predicted octanol–water partition coefficient (Wildman–Crippen LogP) is 3.30. The van der Waals surface area contributed by atoms with Gasteiger partial charge in [-0.25, -0.2) is 0 Å². The zero-order chi connectivity index (χ0) is 21.5. The molecule has 6 heteroatoms. The van der Waals surface area contributed by atoms with Crippen molar-refractivity contribution in [3.63, 3.8) is 0 Å². The van der Waals surface area contributed by atoms with Crippen molar-refractivity contribution in [3.05, 3.63) is 83.6 Å². The average Bonchev–Trinajstić information content (AvgIpc) is 3.37. The number of nitrogen functional groups attached to an aromatic ring is 1. The van der Waals surface area contributed by atoms with Crippen LogP contribution in [0.4, 0.5) is 0 Å². The van der Waals surface area contributed by atoms with E-state index in [0.29, 0.717) is 30.9 Å². The Morgan fingerprint density at radius 3 is 2.61 bits per heavy atom. The minimum Gasteiger partial charge on any atom is -0.384 e. The highest BCUT2D eigenvalue weighted by Crippen LogP contribution is 2.27. The monoisotopic (exact) mass is 411 g/mol. The maximum Gasteiger partial charge on any atom is 0.270 e. The van der Waals surface area contributed by atoms with Gasteiger partial charge in [-0.05, 0) is 34.9 Å². The highest BCUT2D eigenvalue weighted by molar-refractivity contribution is 6.02. The molecule has 0 unspecified atom stereocenters. The van der Waals surface area contributed by atoms with E-state index in [0.717, 1.165) is 28.3 Å². The largest absolute Gasteiger partial charge is 0.384 e. The molecule has 5 N–H and O–H groups in total. The van der Waals surface area contributed by atoms with Crippen LogP contribution in [0.2, 0.25) is 0 Å². The van der Waals surface area contributed by atoms with E-state index in [1.807, 2.05) is 47.4 Å². The van der Waals surface area contributed by atoms with Crippen LogP contribution in [0.3, 0.4) is 0 Å². The summed E-state index contributed by atoms with van der Waals surface area (Å²) >= 11 is 0. The lowest BCUT2D eigenvalue weighted by Crippen LogP contribution is -2.33. The third-order valence-electron chi connectivity index (χ3n) is 6.15. The van der Waals surface area contributed by atoms with Gasteiger partial charge in [0.15, 0.2) is 0 Å². The molecule has 0 aliphatic carbocycles. The van der Waals surface area contributed by atoms with E-state index in [1.54, 1.807) is 0 Å². The van der Waals surface area contributed by atoms with E-state index in [2.05, 4.69) is 28.8 Å². The van der Waals surface area contributed by atoms with Gasteiger partial charge in [0.1, 0.15) is 11.5 Å². The SMILES string of the molecule is N=C(N)c1ccc2cc(C(=O)N3CC[C@@H](N)C3)n(Cc3cccc4ccccc34)c2c1. The zero-order valence-electron chi connectivity index (χ0n) is 17.2. The van der Waals surface area contributed by atoms with Crippen LogP contribution in [0.25, 0.3) is 21.7 Å². The first-order valence-electron chi connectivity index (χ1n) is 10.5. The van der Waals surface area contributed by atoms with Gasteiger partial charge in [-0.15, -0.1) is 0 Å². The van der Waals surface area contributed by atoms with Crippen molar-refractivity contribution in [3.8, 4) is 0 Å². The number of nitrogens with zero attached hydrogens (tertiary/aromatic N) is 2. The van der Waals surface area contributed by atoms with Crippen molar-refractivity contribution in [2.24, 2.45) is 11.5 Å². The van der Waals surface area contributed by atoms with Gasteiger partial charge < -0.3 is 20.9 Å². The van der Waals surface area contributed by atoms with Crippen molar-refractivity contribution in [1.82, 2.24) is 9.47 Å². The maximum atomic E-state index is 13.4. The van der Waals surface area contributed by atoms with E-state index in [-0.39, 0.29) is 17.8 Å². The number of nitrogens with one attached hydrogen (secondary N) is 1. The molecule has 0 saturated carbocycles. The number of nitrogens with two attached hydrogens (primary N) is 2. The van der Waals surface area contributed by atoms with Gasteiger partial charge in [-0.2, -0.15) is 0 Å². The zero-order valence-corrected chi connectivity index (χ0v) is 17.2. The standard InChI is InChI=1S/C25H25N5O/c26-20-10-11-29(15-20)25(31)23-12-17-8-9-18(24(27)28)13-22(17)30(23)14-19-6-3-5-16-4-1-2-7-21(16)19/h1-9,12-13,20H,10-11,14-15,26H2,(H3,27,28)/t20-/m1/s1. The highest BCUT2D eigenvalue weighted by Gasteiger charge is 2.27. The Morgan fingerprint density at radius 2 is 1.84 bits per heavy atom. The second kappa shape index (κ2) is 7.56. The predicted molar refractivity (Wildman–Crippen MR) is 125 cm³/mol. The number of amides is 1. The molecule has 6 nitrogen and oxygen atoms in total. The van der Waals surface area contributed by atoms with Gasteiger partial charge in [0.25, 0.3) is 5.91 Å². The van der Waals surface area contributed by atoms with Gasteiger partial charge in [0, 0.05) is 42.1 Å². The Hall–Kier alpha value is -3.64. The quantitative estimate of drug-likeness (QED) is 0.355. The molecule has 3 aromatic carbocycles. The van der Waals surface area contributed by atoms with Crippen molar-refractivity contribution in [1.29, 1.82) is 5.41 Å². The number of rotatable bonds is 4. The van der Waals surface area contributed by atoms with Crippen LogP contribution in [0.5, 0.6) is 0 Å². The Morgan fingerprint density at radius 1 is 1.03 bits per heavy atom. The van der Waals surface area contributed by atoms with E-state index in [9.17, 15) is 4.79 Å². The molecule has 1 fully saturated rings. The topological polar surface area (TPSA) is 101 Å². The Bertz CT molecular complexity index is 1320. The molecular formula is C25H25N5O. The second-order valence-corrected chi connectivity index (χ2v) is 8.24. The number of hydrogen-bond acceptors (Lipinski definition) is 3. The van der Waals surface area contributed by atoms with Crippen LogP contribution in [0.1, 0.15) is 28.0 Å². The van der Waals surface area contributed by atoms with Crippen LogP contribution in [0.15, 0.2) is 66.7 Å². The van der Waals surface area contributed by atoms with Gasteiger partial charge in [0.05, 0.1) is 0 Å². The first-order valence-corrected chi connectivity index (χ1v) is 10.5. The molecule has 0 spiro atoms. The third-order valence-corrected chi connectivity index (χ3v) is 6.15. The molecule has 4 aromatic rings. The summed E-state index contributed by atoms with van der Waals surface area (Å²) in [4.78, 5) is 15.3. The third kappa shape index (κ3) is 3.45. The molecule has 156 valence electrons. The summed E-state index contributed by atoms with van der Waals surface area (Å²) in [5, 5.41) is 11.1. The lowest BCUT2D eigenvalue weighted by atomic mass is 10.0. The van der Waals surface area contributed by atoms with Gasteiger partial charge in [-0.3, -0.25) is 10.2 Å². The Balaban J connectivity index is 1.67. The van der Waals surface area contributed by atoms with Gasteiger partial charge in [-0.1, -0.05) is 54.6 Å². The average molecular weight is 412 g/mol. The molecule has 31 heavy (non-hydrogen) atoms. The summed E-state index contributed by atoms with van der Waals surface area (Å²) in [6, 6.07) is 22.1. The number of fused-ring (bicyclic) bond motifs is 2. The second-order valence-electron chi connectivity index (χ2n) is 8.24. The first kappa shape index (κ1) is 19.3. The molecule has 1 saturated heterocycles. The number of amidine groups is 1. The fourth-order valence-corrected chi connectivity index (χ4v) is 4.50. The molecule has 1 aliphatic rings. The minimum atomic E-state index is -0.00578. The molecule has 1 atom stereocenters. The van der Waals surface area contributed by atoms with Crippen LogP contribution >= 0.6 is 0 Å². The van der Waals surface area contributed by atoms with E-state index in [1.165, 1.54) is 5.39 Å². The number of hydrogen-bond donors (Lipinski definition) is 3. The molecular weight excluding hydrogens is 386 g/mol. The Kier molecular flexibility index (Phi) is 4.71. The highest BCUT2D eigenvalue weighted by atomic mass is 16.2. The summed E-state index contributed by atoms with van der Waals surface area (Å²) in [6.07, 6.45) is 0.823.